The number of carbonyl (C=O) groups excluding carboxylic acids is 2. The Hall–Kier alpha value is -2.04. The molecule has 5 heteroatoms. The zero-order valence-corrected chi connectivity index (χ0v) is 12.4. The summed E-state index contributed by atoms with van der Waals surface area (Å²) in [6.07, 6.45) is 3.33. The normalized spacial score (nSPS) is 9.95. The van der Waals surface area contributed by atoms with Crippen LogP contribution in [0.4, 0.5) is 0 Å². The molecule has 0 aliphatic heterocycles. The molecule has 1 aromatic carbocycles. The van der Waals surface area contributed by atoms with E-state index in [1.807, 2.05) is 6.92 Å². The topological polar surface area (TPSA) is 61.8 Å². The number of hydrogen-bond acceptors (Lipinski definition) is 5. The standard InChI is InChI=1S/C16H22O5/c1-2-10-20-15-8-6-14(7-9-15)16(18)21-12-5-3-4-11-19-13-17/h6-9,13H,2-5,10-12H2,1H3. The molecule has 116 valence electrons. The fourth-order valence-electron chi connectivity index (χ4n) is 1.67. The Kier molecular flexibility index (Phi) is 8.68. The molecule has 1 aromatic rings. The summed E-state index contributed by atoms with van der Waals surface area (Å²) in [4.78, 5) is 21.7. The third kappa shape index (κ3) is 7.34. The number of unbranched alkanes of at least 4 members (excludes halogenated alkanes) is 2. The van der Waals surface area contributed by atoms with E-state index in [0.717, 1.165) is 31.4 Å². The molecule has 0 amide bonds. The fraction of sp³-hybridized carbons (Fsp3) is 0.500. The number of ether oxygens (including phenoxy) is 3. The number of hydrogen-bond donors (Lipinski definition) is 0. The highest BCUT2D eigenvalue weighted by atomic mass is 16.5. The number of esters is 1. The molecule has 0 heterocycles. The number of benzene rings is 1. The zero-order valence-electron chi connectivity index (χ0n) is 12.4. The molecule has 0 N–H and O–H groups in total. The van der Waals surface area contributed by atoms with E-state index in [1.165, 1.54) is 0 Å². The zero-order chi connectivity index (χ0) is 15.3. The molecule has 0 atom stereocenters. The van der Waals surface area contributed by atoms with Crippen LogP contribution in [0.15, 0.2) is 24.3 Å². The first kappa shape index (κ1) is 17.0. The van der Waals surface area contributed by atoms with E-state index >= 15 is 0 Å². The summed E-state index contributed by atoms with van der Waals surface area (Å²) in [6.45, 7) is 3.92. The van der Waals surface area contributed by atoms with Crippen molar-refractivity contribution in [2.45, 2.75) is 32.6 Å². The van der Waals surface area contributed by atoms with Gasteiger partial charge in [-0.2, -0.15) is 0 Å². The average Bonchev–Trinajstić information content (AvgIpc) is 2.52. The van der Waals surface area contributed by atoms with Crippen LogP contribution >= 0.6 is 0 Å². The van der Waals surface area contributed by atoms with Crippen LogP contribution in [-0.2, 0) is 14.3 Å². The Morgan fingerprint density at radius 2 is 1.76 bits per heavy atom. The monoisotopic (exact) mass is 294 g/mol. The SMILES string of the molecule is CCCOc1ccc(C(=O)OCCCCCOC=O)cc1. The van der Waals surface area contributed by atoms with Gasteiger partial charge < -0.3 is 14.2 Å². The van der Waals surface area contributed by atoms with Crippen LogP contribution in [-0.4, -0.2) is 32.3 Å². The van der Waals surface area contributed by atoms with Crippen molar-refractivity contribution in [1.82, 2.24) is 0 Å². The quantitative estimate of drug-likeness (QED) is 0.357. The van der Waals surface area contributed by atoms with Crippen molar-refractivity contribution in [3.05, 3.63) is 29.8 Å². The molecule has 0 aromatic heterocycles. The summed E-state index contributed by atoms with van der Waals surface area (Å²) in [5, 5.41) is 0. The van der Waals surface area contributed by atoms with Crippen LogP contribution < -0.4 is 4.74 Å². The van der Waals surface area contributed by atoms with E-state index in [1.54, 1.807) is 24.3 Å². The molecule has 0 aliphatic carbocycles. The maximum atomic E-state index is 11.8. The molecule has 0 saturated heterocycles. The first-order valence-electron chi connectivity index (χ1n) is 7.23. The summed E-state index contributed by atoms with van der Waals surface area (Å²) < 4.78 is 15.2. The molecule has 0 spiro atoms. The largest absolute Gasteiger partial charge is 0.494 e. The second-order valence-corrected chi connectivity index (χ2v) is 4.54. The van der Waals surface area contributed by atoms with Crippen molar-refractivity contribution in [3.63, 3.8) is 0 Å². The van der Waals surface area contributed by atoms with Crippen LogP contribution in [0.25, 0.3) is 0 Å². The van der Waals surface area contributed by atoms with Gasteiger partial charge in [-0.05, 0) is 49.9 Å². The second kappa shape index (κ2) is 10.7. The number of carbonyl (C=O) groups is 2. The highest BCUT2D eigenvalue weighted by molar-refractivity contribution is 5.89. The molecule has 21 heavy (non-hydrogen) atoms. The van der Waals surface area contributed by atoms with Crippen molar-refractivity contribution in [1.29, 1.82) is 0 Å². The number of rotatable bonds is 11. The van der Waals surface area contributed by atoms with Gasteiger partial charge in [0.05, 0.1) is 25.4 Å². The molecular weight excluding hydrogens is 272 g/mol. The smallest absolute Gasteiger partial charge is 0.338 e. The predicted octanol–water partition coefficient (Wildman–Crippen LogP) is 2.98. The lowest BCUT2D eigenvalue weighted by atomic mass is 10.2. The van der Waals surface area contributed by atoms with Gasteiger partial charge in [0.25, 0.3) is 6.47 Å². The molecule has 1 rings (SSSR count). The van der Waals surface area contributed by atoms with Gasteiger partial charge in [0.2, 0.25) is 0 Å². The second-order valence-electron chi connectivity index (χ2n) is 4.54. The molecule has 0 bridgehead atoms. The molecule has 0 radical (unpaired) electrons. The van der Waals surface area contributed by atoms with Crippen molar-refractivity contribution < 1.29 is 23.8 Å². The molecule has 0 aliphatic rings. The van der Waals surface area contributed by atoms with Gasteiger partial charge in [0.15, 0.2) is 0 Å². The van der Waals surface area contributed by atoms with Crippen molar-refractivity contribution >= 4 is 12.4 Å². The lowest BCUT2D eigenvalue weighted by molar-refractivity contribution is -0.128. The maximum absolute atomic E-state index is 11.8. The summed E-state index contributed by atoms with van der Waals surface area (Å²) in [5.74, 6) is 0.421. The van der Waals surface area contributed by atoms with Crippen molar-refractivity contribution in [2.75, 3.05) is 19.8 Å². The minimum absolute atomic E-state index is 0.332. The van der Waals surface area contributed by atoms with E-state index < -0.39 is 0 Å². The van der Waals surface area contributed by atoms with Crippen LogP contribution in [0, 0.1) is 0 Å². The van der Waals surface area contributed by atoms with Crippen molar-refractivity contribution in [3.8, 4) is 5.75 Å². The van der Waals surface area contributed by atoms with Gasteiger partial charge in [0, 0.05) is 0 Å². The summed E-state index contributed by atoms with van der Waals surface area (Å²) in [5.41, 5.74) is 0.517. The summed E-state index contributed by atoms with van der Waals surface area (Å²) in [6, 6.07) is 6.93. The van der Waals surface area contributed by atoms with Crippen LogP contribution in [0.3, 0.4) is 0 Å². The van der Waals surface area contributed by atoms with Gasteiger partial charge in [-0.25, -0.2) is 4.79 Å². The Morgan fingerprint density at radius 1 is 1.05 bits per heavy atom. The third-order valence-corrected chi connectivity index (χ3v) is 2.77. The average molecular weight is 294 g/mol. The van der Waals surface area contributed by atoms with Crippen LogP contribution in [0.2, 0.25) is 0 Å². The highest BCUT2D eigenvalue weighted by Crippen LogP contribution is 2.13. The molecule has 0 fully saturated rings. The Morgan fingerprint density at radius 3 is 2.43 bits per heavy atom. The first-order chi connectivity index (χ1) is 10.3. The van der Waals surface area contributed by atoms with Crippen molar-refractivity contribution in [2.24, 2.45) is 0 Å². The highest BCUT2D eigenvalue weighted by Gasteiger charge is 2.06. The van der Waals surface area contributed by atoms with E-state index in [4.69, 9.17) is 9.47 Å². The van der Waals surface area contributed by atoms with Gasteiger partial charge >= 0.3 is 5.97 Å². The minimum Gasteiger partial charge on any atom is -0.494 e. The van der Waals surface area contributed by atoms with E-state index in [2.05, 4.69) is 4.74 Å². The minimum atomic E-state index is -0.332. The summed E-state index contributed by atoms with van der Waals surface area (Å²) in [7, 11) is 0. The van der Waals surface area contributed by atoms with Gasteiger partial charge in [-0.15, -0.1) is 0 Å². The van der Waals surface area contributed by atoms with Crippen LogP contribution in [0.5, 0.6) is 5.75 Å². The molecular formula is C16H22O5. The molecule has 0 unspecified atom stereocenters. The molecule has 0 saturated carbocycles. The van der Waals surface area contributed by atoms with E-state index in [0.29, 0.717) is 31.9 Å². The Balaban J connectivity index is 2.21. The van der Waals surface area contributed by atoms with Gasteiger partial charge in [0.1, 0.15) is 5.75 Å². The van der Waals surface area contributed by atoms with Crippen LogP contribution in [0.1, 0.15) is 43.0 Å². The van der Waals surface area contributed by atoms with Gasteiger partial charge in [-0.3, -0.25) is 4.79 Å². The van der Waals surface area contributed by atoms with E-state index in [9.17, 15) is 9.59 Å². The summed E-state index contributed by atoms with van der Waals surface area (Å²) >= 11 is 0. The first-order valence-corrected chi connectivity index (χ1v) is 7.23. The Labute approximate surface area is 125 Å². The Bertz CT molecular complexity index is 413. The lowest BCUT2D eigenvalue weighted by Crippen LogP contribution is -2.06. The predicted molar refractivity (Wildman–Crippen MR) is 78.4 cm³/mol. The van der Waals surface area contributed by atoms with Gasteiger partial charge in [-0.1, -0.05) is 6.92 Å². The van der Waals surface area contributed by atoms with E-state index in [-0.39, 0.29) is 5.97 Å². The molecule has 5 nitrogen and oxygen atoms in total. The lowest BCUT2D eigenvalue weighted by Gasteiger charge is -2.07. The fourth-order valence-corrected chi connectivity index (χ4v) is 1.67. The third-order valence-electron chi connectivity index (χ3n) is 2.77. The maximum Gasteiger partial charge on any atom is 0.338 e.